The molecule has 1 aliphatic carbocycles. The summed E-state index contributed by atoms with van der Waals surface area (Å²) in [6.07, 6.45) is 1.51. The van der Waals surface area contributed by atoms with Crippen molar-refractivity contribution in [2.75, 3.05) is 0 Å². The van der Waals surface area contributed by atoms with Crippen molar-refractivity contribution >= 4 is 28.4 Å². The fourth-order valence-corrected chi connectivity index (χ4v) is 1.75. The molecule has 0 unspecified atom stereocenters. The van der Waals surface area contributed by atoms with Crippen molar-refractivity contribution in [1.29, 1.82) is 0 Å². The maximum atomic E-state index is 13.4. The van der Waals surface area contributed by atoms with Gasteiger partial charge in [-0.25, -0.2) is 8.78 Å². The van der Waals surface area contributed by atoms with Crippen LogP contribution in [-0.2, 0) is 0 Å². The molecule has 2 rings (SSSR count). The van der Waals surface area contributed by atoms with Crippen LogP contribution in [0.1, 0.15) is 23.2 Å². The molecule has 0 amide bonds. The van der Waals surface area contributed by atoms with Crippen LogP contribution < -0.4 is 0 Å². The highest BCUT2D eigenvalue weighted by Gasteiger charge is 2.34. The molecule has 1 aliphatic rings. The Morgan fingerprint density at radius 1 is 1.36 bits per heavy atom. The normalized spacial score (nSPS) is 15.6. The molecule has 0 radical (unpaired) electrons. The lowest BCUT2D eigenvalue weighted by molar-refractivity contribution is 0.0959. The minimum absolute atomic E-state index is 0.155. The third kappa shape index (κ3) is 1.67. The van der Waals surface area contributed by atoms with Crippen molar-refractivity contribution in [3.8, 4) is 0 Å². The number of ketones is 1. The van der Waals surface area contributed by atoms with E-state index < -0.39 is 17.4 Å². The Morgan fingerprint density at radius 2 is 2.00 bits per heavy atom. The van der Waals surface area contributed by atoms with Crippen LogP contribution in [0.15, 0.2) is 12.1 Å². The number of halogens is 3. The summed E-state index contributed by atoms with van der Waals surface area (Å²) in [5, 5.41) is 0. The first kappa shape index (κ1) is 10.0. The maximum Gasteiger partial charge on any atom is 0.171 e. The fraction of sp³-hybridized carbons (Fsp3) is 0.300. The molecule has 1 aromatic carbocycles. The van der Waals surface area contributed by atoms with Gasteiger partial charge in [0.1, 0.15) is 11.6 Å². The first-order chi connectivity index (χ1) is 6.61. The van der Waals surface area contributed by atoms with E-state index in [0.717, 1.165) is 18.9 Å². The van der Waals surface area contributed by atoms with Crippen LogP contribution in [-0.4, -0.2) is 5.78 Å². The summed E-state index contributed by atoms with van der Waals surface area (Å²) in [5.74, 6) is -2.02. The summed E-state index contributed by atoms with van der Waals surface area (Å²) in [5.41, 5.74) is -0.362. The second kappa shape index (κ2) is 3.56. The molecular formula is C10H7F2IO. The van der Waals surface area contributed by atoms with Crippen molar-refractivity contribution in [3.63, 3.8) is 0 Å². The Hall–Kier alpha value is -0.520. The number of Topliss-reactive ketones (excluding diaryl/α,β-unsaturated/α-hetero) is 1. The van der Waals surface area contributed by atoms with Gasteiger partial charge in [-0.1, -0.05) is 0 Å². The zero-order valence-corrected chi connectivity index (χ0v) is 9.35. The van der Waals surface area contributed by atoms with Crippen molar-refractivity contribution in [1.82, 2.24) is 0 Å². The molecule has 1 saturated carbocycles. The zero-order chi connectivity index (χ0) is 10.3. The summed E-state index contributed by atoms with van der Waals surface area (Å²) in [7, 11) is 0. The van der Waals surface area contributed by atoms with Crippen LogP contribution in [0.2, 0.25) is 0 Å². The number of benzene rings is 1. The number of hydrogen-bond acceptors (Lipinski definition) is 1. The van der Waals surface area contributed by atoms with E-state index in [2.05, 4.69) is 0 Å². The monoisotopic (exact) mass is 308 g/mol. The number of rotatable bonds is 2. The highest BCUT2D eigenvalue weighted by molar-refractivity contribution is 14.1. The summed E-state index contributed by atoms with van der Waals surface area (Å²) >= 11 is 1.75. The van der Waals surface area contributed by atoms with Crippen molar-refractivity contribution in [2.24, 2.45) is 5.92 Å². The lowest BCUT2D eigenvalue weighted by atomic mass is 10.1. The molecule has 0 aromatic heterocycles. The summed E-state index contributed by atoms with van der Waals surface area (Å²) in [6.45, 7) is 0. The van der Waals surface area contributed by atoms with Crippen LogP contribution in [0.3, 0.4) is 0 Å². The van der Waals surface area contributed by atoms with E-state index in [1.165, 1.54) is 6.07 Å². The van der Waals surface area contributed by atoms with Crippen LogP contribution in [0.4, 0.5) is 8.78 Å². The molecule has 74 valence electrons. The van der Waals surface area contributed by atoms with Crippen LogP contribution >= 0.6 is 22.6 Å². The fourth-order valence-electron chi connectivity index (χ4n) is 1.30. The Labute approximate surface area is 93.6 Å². The molecule has 1 aromatic rings. The van der Waals surface area contributed by atoms with Crippen molar-refractivity contribution in [3.05, 3.63) is 32.9 Å². The number of carbonyl (C=O) groups is 1. The molecule has 1 nitrogen and oxygen atoms in total. The highest BCUT2D eigenvalue weighted by atomic mass is 127. The standard InChI is InChI=1S/C10H7F2IO/c11-6-3-4-7(13)9(12)8(6)10(14)5-1-2-5/h3-5H,1-2H2. The van der Waals surface area contributed by atoms with Gasteiger partial charge in [0.05, 0.1) is 5.56 Å². The molecule has 0 N–H and O–H groups in total. The second-order valence-corrected chi connectivity index (χ2v) is 4.52. The van der Waals surface area contributed by atoms with E-state index in [4.69, 9.17) is 0 Å². The van der Waals surface area contributed by atoms with Gasteiger partial charge in [-0.15, -0.1) is 0 Å². The largest absolute Gasteiger partial charge is 0.294 e. The topological polar surface area (TPSA) is 17.1 Å². The van der Waals surface area contributed by atoms with Crippen LogP contribution in [0.5, 0.6) is 0 Å². The predicted octanol–water partition coefficient (Wildman–Crippen LogP) is 3.16. The van der Waals surface area contributed by atoms with Gasteiger partial charge in [-0.05, 0) is 47.6 Å². The van der Waals surface area contributed by atoms with E-state index in [9.17, 15) is 13.6 Å². The van der Waals surface area contributed by atoms with E-state index >= 15 is 0 Å². The summed E-state index contributed by atoms with van der Waals surface area (Å²) < 4.78 is 26.9. The Kier molecular flexibility index (Phi) is 2.55. The van der Waals surface area contributed by atoms with E-state index in [1.54, 1.807) is 22.6 Å². The predicted molar refractivity (Wildman–Crippen MR) is 56.1 cm³/mol. The van der Waals surface area contributed by atoms with Gasteiger partial charge in [0.25, 0.3) is 0 Å². The smallest absolute Gasteiger partial charge is 0.171 e. The first-order valence-electron chi connectivity index (χ1n) is 4.29. The first-order valence-corrected chi connectivity index (χ1v) is 5.37. The molecule has 0 aliphatic heterocycles. The maximum absolute atomic E-state index is 13.4. The van der Waals surface area contributed by atoms with Crippen molar-refractivity contribution < 1.29 is 13.6 Å². The Balaban J connectivity index is 2.49. The molecule has 4 heteroatoms. The van der Waals surface area contributed by atoms with Crippen molar-refractivity contribution in [2.45, 2.75) is 12.8 Å². The average molecular weight is 308 g/mol. The van der Waals surface area contributed by atoms with Crippen LogP contribution in [0.25, 0.3) is 0 Å². The second-order valence-electron chi connectivity index (χ2n) is 3.36. The SMILES string of the molecule is O=C(c1c(F)ccc(I)c1F)C1CC1. The van der Waals surface area contributed by atoms with Gasteiger partial charge in [0, 0.05) is 9.49 Å². The highest BCUT2D eigenvalue weighted by Crippen LogP contribution is 2.34. The lowest BCUT2D eigenvalue weighted by Crippen LogP contribution is -2.09. The third-order valence-electron chi connectivity index (χ3n) is 2.24. The average Bonchev–Trinajstić information content (AvgIpc) is 2.95. The minimum Gasteiger partial charge on any atom is -0.294 e. The minimum atomic E-state index is -0.750. The van der Waals surface area contributed by atoms with Gasteiger partial charge in [0.15, 0.2) is 5.78 Å². The molecule has 1 fully saturated rings. The lowest BCUT2D eigenvalue weighted by Gasteiger charge is -2.04. The van der Waals surface area contributed by atoms with Gasteiger partial charge < -0.3 is 0 Å². The van der Waals surface area contributed by atoms with Gasteiger partial charge in [-0.2, -0.15) is 0 Å². The van der Waals surface area contributed by atoms with E-state index in [-0.39, 0.29) is 15.1 Å². The molecule has 0 spiro atoms. The van der Waals surface area contributed by atoms with Gasteiger partial charge in [0.2, 0.25) is 0 Å². The Bertz CT molecular complexity index is 399. The zero-order valence-electron chi connectivity index (χ0n) is 7.19. The summed E-state index contributed by atoms with van der Waals surface area (Å²) in [4.78, 5) is 11.5. The quantitative estimate of drug-likeness (QED) is 0.466. The Morgan fingerprint density at radius 3 is 2.57 bits per heavy atom. The summed E-state index contributed by atoms with van der Waals surface area (Å²) in [6, 6.07) is 2.47. The molecule has 0 bridgehead atoms. The van der Waals surface area contributed by atoms with Gasteiger partial charge >= 0.3 is 0 Å². The number of carbonyl (C=O) groups excluding carboxylic acids is 1. The molecule has 0 atom stereocenters. The van der Waals surface area contributed by atoms with Gasteiger partial charge in [-0.3, -0.25) is 4.79 Å². The molecule has 14 heavy (non-hydrogen) atoms. The molecule has 0 heterocycles. The number of hydrogen-bond donors (Lipinski definition) is 0. The van der Waals surface area contributed by atoms with E-state index in [1.807, 2.05) is 0 Å². The molecule has 0 saturated heterocycles. The van der Waals surface area contributed by atoms with E-state index in [0.29, 0.717) is 0 Å². The molecular weight excluding hydrogens is 301 g/mol. The van der Waals surface area contributed by atoms with Crippen LogP contribution in [0, 0.1) is 21.1 Å². The third-order valence-corrected chi connectivity index (χ3v) is 3.07.